The van der Waals surface area contributed by atoms with Gasteiger partial charge in [-0.1, -0.05) is 23.7 Å². The second kappa shape index (κ2) is 6.19. The van der Waals surface area contributed by atoms with Crippen LogP contribution >= 0.6 is 22.9 Å². The maximum atomic E-state index is 10.8. The third-order valence-corrected chi connectivity index (χ3v) is 3.93. The summed E-state index contributed by atoms with van der Waals surface area (Å²) in [5, 5.41) is 9.61. The first-order valence-corrected chi connectivity index (χ1v) is 6.99. The van der Waals surface area contributed by atoms with Gasteiger partial charge in [0.1, 0.15) is 4.88 Å². The van der Waals surface area contributed by atoms with E-state index in [1.165, 1.54) is 11.3 Å². The Hall–Kier alpha value is -1.36. The summed E-state index contributed by atoms with van der Waals surface area (Å²) in [6.07, 6.45) is 0. The first kappa shape index (κ1) is 14.1. The van der Waals surface area contributed by atoms with Gasteiger partial charge in [-0.15, -0.1) is 11.3 Å². The van der Waals surface area contributed by atoms with Gasteiger partial charge in [0.25, 0.3) is 0 Å². The van der Waals surface area contributed by atoms with Crippen molar-refractivity contribution in [2.24, 2.45) is 0 Å². The Morgan fingerprint density at radius 2 is 2.11 bits per heavy atom. The SMILES string of the molecule is CN(Cc1cccc(Cl)c1)Cc1ccc(C(=O)O)s1. The van der Waals surface area contributed by atoms with Gasteiger partial charge in [-0.3, -0.25) is 4.90 Å². The van der Waals surface area contributed by atoms with Crippen molar-refractivity contribution in [2.45, 2.75) is 13.1 Å². The van der Waals surface area contributed by atoms with E-state index in [0.29, 0.717) is 4.88 Å². The largest absolute Gasteiger partial charge is 0.477 e. The summed E-state index contributed by atoms with van der Waals surface area (Å²) in [6, 6.07) is 11.3. The number of thiophene rings is 1. The van der Waals surface area contributed by atoms with Crippen LogP contribution in [0.4, 0.5) is 0 Å². The minimum absolute atomic E-state index is 0.381. The Labute approximate surface area is 121 Å². The van der Waals surface area contributed by atoms with Crippen LogP contribution in [-0.2, 0) is 13.1 Å². The first-order chi connectivity index (χ1) is 9.04. The van der Waals surface area contributed by atoms with Gasteiger partial charge >= 0.3 is 5.97 Å². The lowest BCUT2D eigenvalue weighted by atomic mass is 10.2. The highest BCUT2D eigenvalue weighted by Gasteiger charge is 2.09. The smallest absolute Gasteiger partial charge is 0.345 e. The second-order valence-corrected chi connectivity index (χ2v) is 5.98. The number of carboxylic acid groups (broad SMARTS) is 1. The molecule has 0 aliphatic heterocycles. The quantitative estimate of drug-likeness (QED) is 0.913. The number of aromatic carboxylic acids is 1. The van der Waals surface area contributed by atoms with E-state index in [9.17, 15) is 4.79 Å². The van der Waals surface area contributed by atoms with Gasteiger partial charge in [-0.05, 0) is 36.9 Å². The summed E-state index contributed by atoms with van der Waals surface area (Å²) in [5.41, 5.74) is 1.14. The summed E-state index contributed by atoms with van der Waals surface area (Å²) in [5.74, 6) is -0.867. The second-order valence-electron chi connectivity index (χ2n) is 4.37. The molecule has 1 N–H and O–H groups in total. The van der Waals surface area contributed by atoms with Gasteiger partial charge in [0, 0.05) is 23.0 Å². The predicted octanol–water partition coefficient (Wildman–Crippen LogP) is 3.73. The van der Waals surface area contributed by atoms with E-state index in [-0.39, 0.29) is 0 Å². The van der Waals surface area contributed by atoms with E-state index in [1.807, 2.05) is 37.4 Å². The van der Waals surface area contributed by atoms with Crippen molar-refractivity contribution in [2.75, 3.05) is 7.05 Å². The van der Waals surface area contributed by atoms with Gasteiger partial charge < -0.3 is 5.11 Å². The molecule has 3 nitrogen and oxygen atoms in total. The fourth-order valence-corrected chi connectivity index (χ4v) is 2.99. The minimum Gasteiger partial charge on any atom is -0.477 e. The maximum Gasteiger partial charge on any atom is 0.345 e. The van der Waals surface area contributed by atoms with Crippen LogP contribution in [0.1, 0.15) is 20.1 Å². The molecule has 0 unspecified atom stereocenters. The third-order valence-electron chi connectivity index (χ3n) is 2.64. The zero-order valence-electron chi connectivity index (χ0n) is 10.5. The number of carbonyl (C=O) groups is 1. The van der Waals surface area contributed by atoms with E-state index in [2.05, 4.69) is 4.90 Å². The van der Waals surface area contributed by atoms with Crippen LogP contribution in [-0.4, -0.2) is 23.0 Å². The van der Waals surface area contributed by atoms with Crippen LogP contribution in [0.25, 0.3) is 0 Å². The first-order valence-electron chi connectivity index (χ1n) is 5.79. The third kappa shape index (κ3) is 4.06. The van der Waals surface area contributed by atoms with E-state index in [1.54, 1.807) is 6.07 Å². The summed E-state index contributed by atoms with van der Waals surface area (Å²) in [7, 11) is 2.00. The lowest BCUT2D eigenvalue weighted by molar-refractivity contribution is 0.0702. The average molecular weight is 296 g/mol. The molecule has 0 saturated heterocycles. The van der Waals surface area contributed by atoms with Crippen molar-refractivity contribution >= 4 is 28.9 Å². The van der Waals surface area contributed by atoms with Crippen molar-refractivity contribution in [1.82, 2.24) is 4.90 Å². The molecule has 0 bridgehead atoms. The van der Waals surface area contributed by atoms with Crippen LogP contribution in [0.15, 0.2) is 36.4 Å². The Morgan fingerprint density at radius 3 is 2.74 bits per heavy atom. The topological polar surface area (TPSA) is 40.5 Å². The summed E-state index contributed by atoms with van der Waals surface area (Å²) in [4.78, 5) is 14.4. The molecule has 0 spiro atoms. The summed E-state index contributed by atoms with van der Waals surface area (Å²) < 4.78 is 0. The highest BCUT2D eigenvalue weighted by molar-refractivity contribution is 7.13. The van der Waals surface area contributed by atoms with E-state index in [0.717, 1.165) is 28.6 Å². The van der Waals surface area contributed by atoms with Gasteiger partial charge in [0.2, 0.25) is 0 Å². The Balaban J connectivity index is 1.97. The minimum atomic E-state index is -0.867. The highest BCUT2D eigenvalue weighted by atomic mass is 35.5. The van der Waals surface area contributed by atoms with Crippen molar-refractivity contribution in [1.29, 1.82) is 0 Å². The maximum absolute atomic E-state index is 10.8. The van der Waals surface area contributed by atoms with Crippen LogP contribution in [0.2, 0.25) is 5.02 Å². The zero-order chi connectivity index (χ0) is 13.8. The lowest BCUT2D eigenvalue weighted by Crippen LogP contribution is -2.16. The monoisotopic (exact) mass is 295 g/mol. The fourth-order valence-electron chi connectivity index (χ4n) is 1.85. The van der Waals surface area contributed by atoms with E-state index >= 15 is 0 Å². The predicted molar refractivity (Wildman–Crippen MR) is 77.9 cm³/mol. The fraction of sp³-hybridized carbons (Fsp3) is 0.214. The van der Waals surface area contributed by atoms with E-state index in [4.69, 9.17) is 16.7 Å². The number of rotatable bonds is 5. The summed E-state index contributed by atoms with van der Waals surface area (Å²) in [6.45, 7) is 1.51. The molecule has 100 valence electrons. The highest BCUT2D eigenvalue weighted by Crippen LogP contribution is 2.19. The van der Waals surface area contributed by atoms with Crippen LogP contribution < -0.4 is 0 Å². The standard InChI is InChI=1S/C14H14ClNO2S/c1-16(8-10-3-2-4-11(15)7-10)9-12-5-6-13(19-12)14(17)18/h2-7H,8-9H2,1H3,(H,17,18). The molecule has 2 aromatic rings. The lowest BCUT2D eigenvalue weighted by Gasteiger charge is -2.15. The van der Waals surface area contributed by atoms with Crippen LogP contribution in [0.3, 0.4) is 0 Å². The van der Waals surface area contributed by atoms with Gasteiger partial charge in [-0.25, -0.2) is 4.79 Å². The molecule has 19 heavy (non-hydrogen) atoms. The molecule has 2 rings (SSSR count). The molecule has 5 heteroatoms. The van der Waals surface area contributed by atoms with Crippen molar-refractivity contribution in [3.05, 3.63) is 56.7 Å². The Bertz CT molecular complexity index is 582. The summed E-state index contributed by atoms with van der Waals surface area (Å²) >= 11 is 7.26. The molecule has 0 aliphatic carbocycles. The van der Waals surface area contributed by atoms with Gasteiger partial charge in [0.15, 0.2) is 0 Å². The van der Waals surface area contributed by atoms with Crippen LogP contribution in [0, 0.1) is 0 Å². The number of nitrogens with zero attached hydrogens (tertiary/aromatic N) is 1. The van der Waals surface area contributed by atoms with Crippen molar-refractivity contribution in [3.63, 3.8) is 0 Å². The number of carboxylic acids is 1. The Morgan fingerprint density at radius 1 is 1.32 bits per heavy atom. The molecule has 0 aliphatic rings. The van der Waals surface area contributed by atoms with Gasteiger partial charge in [0.05, 0.1) is 0 Å². The molecule has 1 aromatic carbocycles. The molecular formula is C14H14ClNO2S. The normalized spacial score (nSPS) is 10.9. The Kier molecular flexibility index (Phi) is 4.58. The molecule has 0 fully saturated rings. The molecule has 0 atom stereocenters. The molecule has 1 aromatic heterocycles. The van der Waals surface area contributed by atoms with Crippen LogP contribution in [0.5, 0.6) is 0 Å². The van der Waals surface area contributed by atoms with Crippen molar-refractivity contribution in [3.8, 4) is 0 Å². The average Bonchev–Trinajstić information content (AvgIpc) is 2.77. The molecule has 0 radical (unpaired) electrons. The number of halogens is 1. The number of benzene rings is 1. The van der Waals surface area contributed by atoms with E-state index < -0.39 is 5.97 Å². The van der Waals surface area contributed by atoms with Gasteiger partial charge in [-0.2, -0.15) is 0 Å². The molecule has 0 saturated carbocycles. The molecular weight excluding hydrogens is 282 g/mol. The molecule has 1 heterocycles. The molecule has 0 amide bonds. The number of hydrogen-bond donors (Lipinski definition) is 1. The van der Waals surface area contributed by atoms with Crippen molar-refractivity contribution < 1.29 is 9.90 Å². The number of hydrogen-bond acceptors (Lipinski definition) is 3. The zero-order valence-corrected chi connectivity index (χ0v) is 12.0.